The van der Waals surface area contributed by atoms with Gasteiger partial charge in [0.25, 0.3) is 0 Å². The van der Waals surface area contributed by atoms with Gasteiger partial charge in [-0.05, 0) is 12.1 Å². The number of hydrogen-bond acceptors (Lipinski definition) is 4. The molecule has 16 heavy (non-hydrogen) atoms. The second-order valence-electron chi connectivity index (χ2n) is 3.56. The van der Waals surface area contributed by atoms with E-state index in [9.17, 15) is 0 Å². The summed E-state index contributed by atoms with van der Waals surface area (Å²) in [6.45, 7) is 1.16. The van der Waals surface area contributed by atoms with Crippen LogP contribution in [0.2, 0.25) is 0 Å². The van der Waals surface area contributed by atoms with Gasteiger partial charge in [0.2, 0.25) is 0 Å². The number of methoxy groups -OCH3 is 1. The Labute approximate surface area is 94.0 Å². The second-order valence-corrected chi connectivity index (χ2v) is 3.56. The van der Waals surface area contributed by atoms with Crippen LogP contribution in [0.15, 0.2) is 28.9 Å². The monoisotopic (exact) mass is 221 g/mol. The highest BCUT2D eigenvalue weighted by atomic mass is 16.5. The van der Waals surface area contributed by atoms with Gasteiger partial charge in [0.05, 0.1) is 18.4 Å². The fraction of sp³-hybridized carbons (Fsp3) is 0.364. The molecule has 0 radical (unpaired) electrons. The van der Waals surface area contributed by atoms with Crippen molar-refractivity contribution in [2.75, 3.05) is 12.4 Å². The Morgan fingerprint density at radius 2 is 2.25 bits per heavy atom. The van der Waals surface area contributed by atoms with E-state index in [2.05, 4.69) is 10.4 Å². The first kappa shape index (κ1) is 10.8. The summed E-state index contributed by atoms with van der Waals surface area (Å²) in [5.41, 5.74) is 0.979. The molecule has 1 N–H and O–H groups in total. The van der Waals surface area contributed by atoms with Gasteiger partial charge in [-0.2, -0.15) is 5.10 Å². The summed E-state index contributed by atoms with van der Waals surface area (Å²) >= 11 is 0. The molecular weight excluding hydrogens is 206 g/mol. The Morgan fingerprint density at radius 1 is 1.44 bits per heavy atom. The molecule has 0 aliphatic heterocycles. The fourth-order valence-electron chi connectivity index (χ4n) is 1.44. The van der Waals surface area contributed by atoms with Gasteiger partial charge >= 0.3 is 0 Å². The van der Waals surface area contributed by atoms with Crippen molar-refractivity contribution in [3.8, 4) is 0 Å². The van der Waals surface area contributed by atoms with Gasteiger partial charge in [-0.15, -0.1) is 0 Å². The van der Waals surface area contributed by atoms with Crippen molar-refractivity contribution in [2.45, 2.75) is 13.2 Å². The quantitative estimate of drug-likeness (QED) is 0.836. The van der Waals surface area contributed by atoms with E-state index >= 15 is 0 Å². The lowest BCUT2D eigenvalue weighted by molar-refractivity contribution is 0.163. The van der Waals surface area contributed by atoms with E-state index in [1.165, 1.54) is 0 Å². The van der Waals surface area contributed by atoms with Crippen molar-refractivity contribution >= 4 is 5.69 Å². The third kappa shape index (κ3) is 2.64. The zero-order valence-corrected chi connectivity index (χ0v) is 9.43. The number of ether oxygens (including phenoxy) is 1. The van der Waals surface area contributed by atoms with E-state index in [-0.39, 0.29) is 0 Å². The average molecular weight is 221 g/mol. The van der Waals surface area contributed by atoms with Crippen molar-refractivity contribution in [1.29, 1.82) is 0 Å². The minimum Gasteiger partial charge on any atom is -0.462 e. The number of anilines is 1. The Bertz CT molecular complexity index is 448. The van der Waals surface area contributed by atoms with Crippen LogP contribution in [-0.4, -0.2) is 16.9 Å². The van der Waals surface area contributed by atoms with E-state index < -0.39 is 0 Å². The molecule has 0 saturated carbocycles. The molecule has 0 saturated heterocycles. The lowest BCUT2D eigenvalue weighted by Crippen LogP contribution is -1.96. The molecule has 0 bridgehead atoms. The van der Waals surface area contributed by atoms with Crippen molar-refractivity contribution < 1.29 is 9.15 Å². The number of nitrogens with one attached hydrogen (secondary N) is 1. The summed E-state index contributed by atoms with van der Waals surface area (Å²) in [4.78, 5) is 0. The number of nitrogens with zero attached hydrogens (tertiary/aromatic N) is 2. The maximum absolute atomic E-state index is 5.54. The smallest absolute Gasteiger partial charge is 0.129 e. The molecule has 86 valence electrons. The first-order chi connectivity index (χ1) is 7.78. The number of furan rings is 1. The molecule has 0 aromatic carbocycles. The van der Waals surface area contributed by atoms with Crippen LogP contribution in [0.1, 0.15) is 11.5 Å². The van der Waals surface area contributed by atoms with Gasteiger partial charge in [-0.1, -0.05) is 0 Å². The molecule has 0 unspecified atom stereocenters. The molecule has 2 aromatic rings. The number of aromatic nitrogens is 2. The molecule has 5 nitrogen and oxygen atoms in total. The first-order valence-corrected chi connectivity index (χ1v) is 5.07. The summed E-state index contributed by atoms with van der Waals surface area (Å²) in [5, 5.41) is 7.29. The minimum absolute atomic E-state index is 0.507. The van der Waals surface area contributed by atoms with E-state index in [0.29, 0.717) is 13.2 Å². The van der Waals surface area contributed by atoms with Crippen LogP contribution in [0, 0.1) is 0 Å². The maximum atomic E-state index is 5.54. The Kier molecular flexibility index (Phi) is 3.26. The van der Waals surface area contributed by atoms with Crippen LogP contribution >= 0.6 is 0 Å². The van der Waals surface area contributed by atoms with E-state index in [1.54, 1.807) is 18.0 Å². The second kappa shape index (κ2) is 4.85. The summed E-state index contributed by atoms with van der Waals surface area (Å²) in [5.74, 6) is 1.72. The summed E-state index contributed by atoms with van der Waals surface area (Å²) in [7, 11) is 3.53. The molecule has 0 aliphatic rings. The Hall–Kier alpha value is -1.75. The predicted octanol–water partition coefficient (Wildman–Crippen LogP) is 1.77. The molecule has 5 heteroatoms. The molecule has 0 spiro atoms. The molecule has 0 aliphatic carbocycles. The van der Waals surface area contributed by atoms with Crippen LogP contribution in [0.3, 0.4) is 0 Å². The standard InChI is InChI=1S/C11H15N3O2/c1-14-7-9(5-13-14)12-6-10-3-4-11(16-10)8-15-2/h3-5,7,12H,6,8H2,1-2H3. The first-order valence-electron chi connectivity index (χ1n) is 5.07. The highest BCUT2D eigenvalue weighted by molar-refractivity contribution is 5.38. The van der Waals surface area contributed by atoms with Crippen molar-refractivity contribution in [3.05, 3.63) is 36.0 Å². The number of rotatable bonds is 5. The molecular formula is C11H15N3O2. The largest absolute Gasteiger partial charge is 0.462 e. The summed E-state index contributed by atoms with van der Waals surface area (Å²) < 4.78 is 12.3. The summed E-state index contributed by atoms with van der Waals surface area (Å²) in [6.07, 6.45) is 3.69. The lowest BCUT2D eigenvalue weighted by atomic mass is 10.4. The van der Waals surface area contributed by atoms with Crippen LogP contribution in [0.4, 0.5) is 5.69 Å². The molecule has 0 atom stereocenters. The van der Waals surface area contributed by atoms with Gasteiger partial charge in [0.15, 0.2) is 0 Å². The molecule has 0 fully saturated rings. The average Bonchev–Trinajstić information content (AvgIpc) is 2.85. The fourth-order valence-corrected chi connectivity index (χ4v) is 1.44. The van der Waals surface area contributed by atoms with Gasteiger partial charge in [-0.25, -0.2) is 0 Å². The normalized spacial score (nSPS) is 10.6. The van der Waals surface area contributed by atoms with Gasteiger partial charge < -0.3 is 14.5 Å². The van der Waals surface area contributed by atoms with Gasteiger partial charge in [-0.3, -0.25) is 4.68 Å². The van der Waals surface area contributed by atoms with Crippen LogP contribution < -0.4 is 5.32 Å². The predicted molar refractivity (Wildman–Crippen MR) is 60.0 cm³/mol. The number of aryl methyl sites for hydroxylation is 1. The van der Waals surface area contributed by atoms with Gasteiger partial charge in [0, 0.05) is 20.4 Å². The van der Waals surface area contributed by atoms with E-state index in [4.69, 9.17) is 9.15 Å². The van der Waals surface area contributed by atoms with Crippen molar-refractivity contribution in [1.82, 2.24) is 9.78 Å². The topological polar surface area (TPSA) is 52.2 Å². The number of hydrogen-bond donors (Lipinski definition) is 1. The van der Waals surface area contributed by atoms with Crippen molar-refractivity contribution in [3.63, 3.8) is 0 Å². The highest BCUT2D eigenvalue weighted by Crippen LogP contribution is 2.11. The van der Waals surface area contributed by atoms with E-state index in [0.717, 1.165) is 17.2 Å². The van der Waals surface area contributed by atoms with Crippen molar-refractivity contribution in [2.24, 2.45) is 7.05 Å². The molecule has 2 rings (SSSR count). The van der Waals surface area contributed by atoms with Crippen LogP contribution in [-0.2, 0) is 24.9 Å². The molecule has 2 aromatic heterocycles. The van der Waals surface area contributed by atoms with Crippen LogP contribution in [0.25, 0.3) is 0 Å². The summed E-state index contributed by atoms with van der Waals surface area (Å²) in [6, 6.07) is 3.86. The SMILES string of the molecule is COCc1ccc(CNc2cnn(C)c2)o1. The molecule has 2 heterocycles. The third-order valence-corrected chi connectivity index (χ3v) is 2.18. The maximum Gasteiger partial charge on any atom is 0.129 e. The Balaban J connectivity index is 1.89. The van der Waals surface area contributed by atoms with Gasteiger partial charge in [0.1, 0.15) is 18.1 Å². The third-order valence-electron chi connectivity index (χ3n) is 2.18. The minimum atomic E-state index is 0.507. The lowest BCUT2D eigenvalue weighted by Gasteiger charge is -1.99. The Morgan fingerprint density at radius 3 is 2.94 bits per heavy atom. The zero-order valence-electron chi connectivity index (χ0n) is 9.43. The van der Waals surface area contributed by atoms with Crippen LogP contribution in [0.5, 0.6) is 0 Å². The van der Waals surface area contributed by atoms with E-state index in [1.807, 2.05) is 25.4 Å². The zero-order chi connectivity index (χ0) is 11.4. The highest BCUT2D eigenvalue weighted by Gasteiger charge is 2.02. The molecule has 0 amide bonds.